The molecule has 356 valence electrons. The van der Waals surface area contributed by atoms with Crippen molar-refractivity contribution in [2.45, 2.75) is 128 Å². The number of rotatable bonds is 11. The number of cyclic esters (lactones) is 1. The van der Waals surface area contributed by atoms with Crippen molar-refractivity contribution in [1.29, 1.82) is 0 Å². The van der Waals surface area contributed by atoms with E-state index in [-0.39, 0.29) is 71.4 Å². The van der Waals surface area contributed by atoms with Gasteiger partial charge in [-0.15, -0.1) is 0 Å². The van der Waals surface area contributed by atoms with E-state index in [0.717, 1.165) is 105 Å². The smallest absolute Gasteiger partial charge is 0.340 e. The van der Waals surface area contributed by atoms with Crippen LogP contribution in [-0.4, -0.2) is 82.5 Å². The van der Waals surface area contributed by atoms with Crippen molar-refractivity contribution >= 4 is 45.3 Å². The molecule has 2 amide bonds. The predicted octanol–water partition coefficient (Wildman–Crippen LogP) is 7.60. The number of carbonyl (C=O) groups excluding carboxylic acids is 4. The van der Waals surface area contributed by atoms with E-state index in [1.165, 1.54) is 29.9 Å². The van der Waals surface area contributed by atoms with E-state index in [4.69, 9.17) is 9.47 Å². The maximum atomic E-state index is 15.2. The zero-order valence-electron chi connectivity index (χ0n) is 38.6. The molecule has 3 saturated carbocycles. The third-order valence-electron chi connectivity index (χ3n) is 17.5. The molecule has 7 bridgehead atoms. The summed E-state index contributed by atoms with van der Waals surface area (Å²) in [7, 11) is 3.52. The Morgan fingerprint density at radius 3 is 2.50 bits per heavy atom. The quantitative estimate of drug-likeness (QED) is 0.0782. The van der Waals surface area contributed by atoms with E-state index in [0.29, 0.717) is 61.4 Å². The Labute approximate surface area is 397 Å². The van der Waals surface area contributed by atoms with Crippen LogP contribution in [0.15, 0.2) is 81.7 Å². The van der Waals surface area contributed by atoms with Crippen LogP contribution in [0.4, 0.5) is 0 Å². The maximum absolute atomic E-state index is 15.2. The number of dihydropyridines is 1. The van der Waals surface area contributed by atoms with Crippen LogP contribution in [0.25, 0.3) is 0 Å². The Kier molecular flexibility index (Phi) is 13.4. The molecule has 11 rings (SSSR count). The third-order valence-corrected chi connectivity index (χ3v) is 20.0. The van der Waals surface area contributed by atoms with Crippen LogP contribution in [0, 0.1) is 52.3 Å². The molecule has 4 fully saturated rings. The van der Waals surface area contributed by atoms with E-state index in [1.54, 1.807) is 21.6 Å². The summed E-state index contributed by atoms with van der Waals surface area (Å²) in [5, 5.41) is 31.1. The van der Waals surface area contributed by atoms with Gasteiger partial charge in [-0.3, -0.25) is 14.5 Å². The van der Waals surface area contributed by atoms with Gasteiger partial charge in [0, 0.05) is 61.4 Å². The van der Waals surface area contributed by atoms with E-state index < -0.39 is 17.4 Å². The van der Waals surface area contributed by atoms with E-state index in [9.17, 15) is 24.6 Å². The van der Waals surface area contributed by atoms with E-state index in [1.807, 2.05) is 6.92 Å². The second-order valence-electron chi connectivity index (χ2n) is 20.9. The highest BCUT2D eigenvalue weighted by molar-refractivity contribution is 8.76. The Morgan fingerprint density at radius 1 is 0.970 bits per heavy atom. The number of carbonyl (C=O) groups is 4. The molecule has 0 radical (unpaired) electrons. The molecule has 8 unspecified atom stereocenters. The second kappa shape index (κ2) is 19.1. The molecule has 12 nitrogen and oxygen atoms in total. The Hall–Kier alpha value is -3.56. The van der Waals surface area contributed by atoms with E-state index >= 15 is 4.79 Å². The van der Waals surface area contributed by atoms with Gasteiger partial charge in [0.25, 0.3) is 11.8 Å². The fraction of sp³-hybridized carbons (Fsp3) is 0.654. The SMILES string of the molecule is CCC1(C=C2OC(=O)C3=C2CCC2C4CCC5(C6=CCC(C7CCC(CCCO)CC7)C(NCC(C)O)SSCNC7=CC(=CCN7)C(CN7C(=O)C=CC7=O)C4=C5C(=O)O6)C32)CCCC1. The van der Waals surface area contributed by atoms with Crippen molar-refractivity contribution in [2.24, 2.45) is 52.3 Å². The van der Waals surface area contributed by atoms with Crippen LogP contribution >= 0.6 is 21.6 Å². The number of aliphatic hydroxyl groups is 2. The summed E-state index contributed by atoms with van der Waals surface area (Å²) >= 11 is 0. The highest BCUT2D eigenvalue weighted by atomic mass is 33.1. The summed E-state index contributed by atoms with van der Waals surface area (Å²) in [5.74, 6) is 1.67. The minimum Gasteiger partial charge on any atom is -0.427 e. The fourth-order valence-corrected chi connectivity index (χ4v) is 16.8. The monoisotopic (exact) mass is 940 g/mol. The number of aliphatic hydroxyl groups excluding tert-OH is 2. The van der Waals surface area contributed by atoms with Gasteiger partial charge in [0.05, 0.1) is 34.2 Å². The lowest BCUT2D eigenvalue weighted by molar-refractivity contribution is -0.138. The number of nitrogens with one attached hydrogen (secondary N) is 3. The van der Waals surface area contributed by atoms with Crippen LogP contribution < -0.4 is 16.0 Å². The fourth-order valence-electron chi connectivity index (χ4n) is 14.3. The first kappa shape index (κ1) is 46.2. The molecule has 5 N–H and O–H groups in total. The molecule has 0 aromatic rings. The number of amides is 2. The average molecular weight is 941 g/mol. The predicted molar refractivity (Wildman–Crippen MR) is 255 cm³/mol. The molecule has 1 saturated heterocycles. The van der Waals surface area contributed by atoms with Gasteiger partial charge in [0.2, 0.25) is 0 Å². The third kappa shape index (κ3) is 8.30. The highest BCUT2D eigenvalue weighted by Gasteiger charge is 2.69. The van der Waals surface area contributed by atoms with Crippen LogP contribution in [0.5, 0.6) is 0 Å². The van der Waals surface area contributed by atoms with Gasteiger partial charge in [0.1, 0.15) is 11.5 Å². The molecule has 5 aliphatic heterocycles. The van der Waals surface area contributed by atoms with Gasteiger partial charge in [-0.05, 0) is 148 Å². The minimum absolute atomic E-state index is 0.00900. The number of hydrogen-bond donors (Lipinski definition) is 5. The Morgan fingerprint density at radius 2 is 1.76 bits per heavy atom. The zero-order valence-corrected chi connectivity index (χ0v) is 40.3. The number of ether oxygens (including phenoxy) is 2. The van der Waals surface area contributed by atoms with Crippen LogP contribution in [0.1, 0.15) is 117 Å². The van der Waals surface area contributed by atoms with Crippen LogP contribution in [-0.2, 0) is 28.7 Å². The topological polar surface area (TPSA) is 167 Å². The summed E-state index contributed by atoms with van der Waals surface area (Å²) < 4.78 is 13.1. The summed E-state index contributed by atoms with van der Waals surface area (Å²) in [5.41, 5.74) is 3.32. The molecule has 6 aliphatic carbocycles. The van der Waals surface area contributed by atoms with Crippen molar-refractivity contribution in [3.8, 4) is 0 Å². The van der Waals surface area contributed by atoms with Gasteiger partial charge < -0.3 is 35.6 Å². The molecule has 5 heterocycles. The first-order valence-corrected chi connectivity index (χ1v) is 27.5. The molecule has 0 aromatic carbocycles. The van der Waals surface area contributed by atoms with Crippen molar-refractivity contribution in [2.75, 3.05) is 32.1 Å². The summed E-state index contributed by atoms with van der Waals surface area (Å²) in [6, 6.07) is 0. The van der Waals surface area contributed by atoms with Crippen molar-refractivity contribution < 1.29 is 38.9 Å². The van der Waals surface area contributed by atoms with Crippen molar-refractivity contribution in [1.82, 2.24) is 20.9 Å². The number of esters is 2. The van der Waals surface area contributed by atoms with Gasteiger partial charge in [-0.1, -0.05) is 60.3 Å². The molecular formula is C52H68N4O8S2. The largest absolute Gasteiger partial charge is 0.427 e. The summed E-state index contributed by atoms with van der Waals surface area (Å²) in [6.45, 7) is 5.34. The van der Waals surface area contributed by atoms with Crippen molar-refractivity contribution in [3.05, 3.63) is 81.7 Å². The van der Waals surface area contributed by atoms with Crippen LogP contribution in [0.2, 0.25) is 0 Å². The van der Waals surface area contributed by atoms with E-state index in [2.05, 4.69) is 47.2 Å². The zero-order chi connectivity index (χ0) is 45.7. The highest BCUT2D eigenvalue weighted by Crippen LogP contribution is 2.72. The minimum atomic E-state index is -0.932. The molecule has 8 atom stereocenters. The molecule has 14 heteroatoms. The van der Waals surface area contributed by atoms with Crippen LogP contribution in [0.3, 0.4) is 0 Å². The number of imide groups is 1. The summed E-state index contributed by atoms with van der Waals surface area (Å²) in [4.78, 5) is 58.0. The molecule has 1 spiro atoms. The van der Waals surface area contributed by atoms with Gasteiger partial charge in [-0.2, -0.15) is 0 Å². The number of hydrogen-bond acceptors (Lipinski definition) is 13. The van der Waals surface area contributed by atoms with Crippen molar-refractivity contribution in [3.63, 3.8) is 0 Å². The van der Waals surface area contributed by atoms with Gasteiger partial charge in [-0.25, -0.2) is 9.59 Å². The molecule has 66 heavy (non-hydrogen) atoms. The lowest BCUT2D eigenvalue weighted by Crippen LogP contribution is -2.54. The number of allylic oxidation sites excluding steroid dienone is 5. The maximum Gasteiger partial charge on any atom is 0.340 e. The summed E-state index contributed by atoms with van der Waals surface area (Å²) in [6.07, 6.45) is 26.1. The second-order valence-corrected chi connectivity index (χ2v) is 23.4. The lowest BCUT2D eigenvalue weighted by Gasteiger charge is -2.57. The first-order chi connectivity index (χ1) is 32.0. The Balaban J connectivity index is 1.14. The molecule has 0 aromatic heterocycles. The average Bonchev–Trinajstić information content (AvgIpc) is 4.08. The lowest BCUT2D eigenvalue weighted by atomic mass is 9.43. The number of fused-ring (bicyclic) bond motifs is 2. The molecule has 11 aliphatic rings. The molecular weight excluding hydrogens is 873 g/mol. The standard InChI is InChI=1S/C52H68N4O8S2/c1-3-51(20-4-5-21-51)26-39-37-13-12-36-35-18-22-52(46(36)45(37)49(61)63-39)40-15-14-34(32-10-8-31(9-11-32)7-6-24-57)48(54-27-30(2)58)66-65-29-55-41-25-33(19-23-53-41)38(44(35)47(52)50(62)64-40)28-56-42(59)16-17-43(56)60/h15-17,19,25-26,30-32,34-36,38,46,48,53-55,57-58H,3-14,18,20-24,27-29H2,1-2H3. The normalized spacial score (nSPS) is 36.1. The van der Waals surface area contributed by atoms with Gasteiger partial charge >= 0.3 is 11.9 Å². The number of nitrogens with zero attached hydrogens (tertiary/aromatic N) is 1. The first-order valence-electron chi connectivity index (χ1n) is 25.1. The van der Waals surface area contributed by atoms with Gasteiger partial charge in [0.15, 0.2) is 0 Å². The Bertz CT molecular complexity index is 2190.